The highest BCUT2D eigenvalue weighted by atomic mass is 16.5. The summed E-state index contributed by atoms with van der Waals surface area (Å²) in [6.45, 7) is 2.12. The van der Waals surface area contributed by atoms with Crippen LogP contribution in [-0.2, 0) is 6.54 Å². The van der Waals surface area contributed by atoms with Crippen molar-refractivity contribution in [2.45, 2.75) is 25.8 Å². The topological polar surface area (TPSA) is 89.2 Å². The van der Waals surface area contributed by atoms with Gasteiger partial charge in [0, 0.05) is 30.4 Å². The highest BCUT2D eigenvalue weighted by Crippen LogP contribution is 2.29. The first kappa shape index (κ1) is 20.5. The van der Waals surface area contributed by atoms with Crippen LogP contribution in [0.1, 0.15) is 35.2 Å². The van der Waals surface area contributed by atoms with Gasteiger partial charge in [-0.2, -0.15) is 0 Å². The zero-order valence-electron chi connectivity index (χ0n) is 17.0. The van der Waals surface area contributed by atoms with Crippen LogP contribution in [0.2, 0.25) is 0 Å². The number of rotatable bonds is 6. The molecule has 0 saturated carbocycles. The van der Waals surface area contributed by atoms with E-state index in [0.717, 1.165) is 42.7 Å². The minimum atomic E-state index is 0.106. The van der Waals surface area contributed by atoms with Gasteiger partial charge in [0.05, 0.1) is 20.8 Å². The summed E-state index contributed by atoms with van der Waals surface area (Å²) in [5.41, 5.74) is 8.46. The van der Waals surface area contributed by atoms with Crippen molar-refractivity contribution < 1.29 is 14.3 Å². The molecule has 0 unspecified atom stereocenters. The predicted octanol–water partition coefficient (Wildman–Crippen LogP) is 3.26. The van der Waals surface area contributed by atoms with Crippen molar-refractivity contribution in [3.63, 3.8) is 0 Å². The van der Waals surface area contributed by atoms with Crippen LogP contribution in [0.25, 0.3) is 0 Å². The minimum absolute atomic E-state index is 0.106. The maximum atomic E-state index is 12.5. The fourth-order valence-corrected chi connectivity index (χ4v) is 3.31. The Kier molecular flexibility index (Phi) is 6.94. The first-order chi connectivity index (χ1) is 14.1. The maximum absolute atomic E-state index is 12.5. The smallest absolute Gasteiger partial charge is 0.253 e. The Morgan fingerprint density at radius 2 is 1.72 bits per heavy atom. The fraction of sp³-hybridized carbons (Fsp3) is 0.364. The maximum Gasteiger partial charge on any atom is 0.253 e. The zero-order chi connectivity index (χ0) is 20.6. The molecule has 1 heterocycles. The Labute approximate surface area is 171 Å². The molecular weight excluding hydrogens is 368 g/mol. The number of nitrogens with one attached hydrogen (secondary N) is 1. The quantitative estimate of drug-likeness (QED) is 0.578. The summed E-state index contributed by atoms with van der Waals surface area (Å²) >= 11 is 0. The number of benzene rings is 2. The molecule has 2 aromatic carbocycles. The number of methoxy groups -OCH3 is 2. The number of aliphatic imine (C=N–C) groups is 1. The van der Waals surface area contributed by atoms with Gasteiger partial charge >= 0.3 is 0 Å². The molecule has 7 heteroatoms. The van der Waals surface area contributed by atoms with Crippen molar-refractivity contribution in [3.05, 3.63) is 53.6 Å². The minimum Gasteiger partial charge on any atom is -0.493 e. The summed E-state index contributed by atoms with van der Waals surface area (Å²) in [4.78, 5) is 18.8. The van der Waals surface area contributed by atoms with Gasteiger partial charge in [-0.15, -0.1) is 0 Å². The van der Waals surface area contributed by atoms with Gasteiger partial charge in [-0.25, -0.2) is 4.99 Å². The van der Waals surface area contributed by atoms with E-state index in [0.29, 0.717) is 24.0 Å². The number of hydrogen-bond donors (Lipinski definition) is 2. The number of ether oxygens (including phenoxy) is 2. The molecule has 1 amide bonds. The van der Waals surface area contributed by atoms with E-state index in [1.807, 2.05) is 35.2 Å². The number of nitrogens with two attached hydrogens (primary N) is 1. The SMILES string of the molecule is COc1ccc(NC(N)=NCc2ccc(C(=O)N3CCCCC3)cc2)cc1OC. The van der Waals surface area contributed by atoms with Gasteiger partial charge in [0.15, 0.2) is 17.5 Å². The normalized spacial score (nSPS) is 14.4. The number of nitrogens with zero attached hydrogens (tertiary/aromatic N) is 2. The molecule has 29 heavy (non-hydrogen) atoms. The monoisotopic (exact) mass is 396 g/mol. The zero-order valence-corrected chi connectivity index (χ0v) is 17.0. The van der Waals surface area contributed by atoms with Crippen LogP contribution in [0.5, 0.6) is 11.5 Å². The van der Waals surface area contributed by atoms with Crippen molar-refractivity contribution in [2.24, 2.45) is 10.7 Å². The van der Waals surface area contributed by atoms with E-state index in [1.165, 1.54) is 6.42 Å². The third-order valence-corrected chi connectivity index (χ3v) is 4.93. The summed E-state index contributed by atoms with van der Waals surface area (Å²) in [5.74, 6) is 1.66. The van der Waals surface area contributed by atoms with Crippen molar-refractivity contribution >= 4 is 17.6 Å². The lowest BCUT2D eigenvalue weighted by Gasteiger charge is -2.26. The van der Waals surface area contributed by atoms with Gasteiger partial charge in [0.25, 0.3) is 5.91 Å². The molecule has 0 radical (unpaired) electrons. The number of carbonyl (C=O) groups excluding carboxylic acids is 1. The lowest BCUT2D eigenvalue weighted by molar-refractivity contribution is 0.0724. The molecular formula is C22H28N4O3. The van der Waals surface area contributed by atoms with Gasteiger partial charge in [0.2, 0.25) is 0 Å². The summed E-state index contributed by atoms with van der Waals surface area (Å²) in [6.07, 6.45) is 3.38. The molecule has 2 aromatic rings. The number of hydrogen-bond acceptors (Lipinski definition) is 4. The Bertz CT molecular complexity index is 859. The molecule has 1 fully saturated rings. The Morgan fingerprint density at radius 3 is 2.38 bits per heavy atom. The first-order valence-electron chi connectivity index (χ1n) is 9.78. The van der Waals surface area contributed by atoms with Crippen LogP contribution in [0, 0.1) is 0 Å². The Morgan fingerprint density at radius 1 is 1.03 bits per heavy atom. The van der Waals surface area contributed by atoms with Crippen molar-refractivity contribution in [2.75, 3.05) is 32.6 Å². The second kappa shape index (κ2) is 9.82. The number of piperidine rings is 1. The average molecular weight is 396 g/mol. The Hall–Kier alpha value is -3.22. The predicted molar refractivity (Wildman–Crippen MR) is 115 cm³/mol. The van der Waals surface area contributed by atoms with E-state index >= 15 is 0 Å². The van der Waals surface area contributed by atoms with Crippen LogP contribution in [-0.4, -0.2) is 44.1 Å². The molecule has 0 aromatic heterocycles. The van der Waals surface area contributed by atoms with E-state index in [4.69, 9.17) is 15.2 Å². The standard InChI is InChI=1S/C22H28N4O3/c1-28-19-11-10-18(14-20(19)29-2)25-22(23)24-15-16-6-8-17(9-7-16)21(27)26-12-4-3-5-13-26/h6-11,14H,3-5,12-13,15H2,1-2H3,(H3,23,24,25). The highest BCUT2D eigenvalue weighted by Gasteiger charge is 2.17. The molecule has 0 aliphatic carbocycles. The highest BCUT2D eigenvalue weighted by molar-refractivity contribution is 5.94. The van der Waals surface area contributed by atoms with E-state index in [2.05, 4.69) is 10.3 Å². The van der Waals surface area contributed by atoms with Crippen LogP contribution >= 0.6 is 0 Å². The molecule has 0 bridgehead atoms. The molecule has 1 aliphatic rings. The van der Waals surface area contributed by atoms with Crippen LogP contribution in [0.3, 0.4) is 0 Å². The van der Waals surface area contributed by atoms with Crippen LogP contribution < -0.4 is 20.5 Å². The van der Waals surface area contributed by atoms with E-state index in [1.54, 1.807) is 26.4 Å². The first-order valence-corrected chi connectivity index (χ1v) is 9.78. The van der Waals surface area contributed by atoms with Gasteiger partial charge in [-0.05, 0) is 49.1 Å². The van der Waals surface area contributed by atoms with E-state index in [-0.39, 0.29) is 5.91 Å². The number of amides is 1. The van der Waals surface area contributed by atoms with Gasteiger partial charge in [-0.3, -0.25) is 4.79 Å². The van der Waals surface area contributed by atoms with Crippen molar-refractivity contribution in [3.8, 4) is 11.5 Å². The molecule has 7 nitrogen and oxygen atoms in total. The second-order valence-electron chi connectivity index (χ2n) is 6.95. The molecule has 0 atom stereocenters. The van der Waals surface area contributed by atoms with Crippen LogP contribution in [0.15, 0.2) is 47.5 Å². The molecule has 0 spiro atoms. The number of anilines is 1. The molecule has 3 N–H and O–H groups in total. The molecule has 154 valence electrons. The van der Waals surface area contributed by atoms with E-state index in [9.17, 15) is 4.79 Å². The van der Waals surface area contributed by atoms with Crippen molar-refractivity contribution in [1.82, 2.24) is 4.90 Å². The summed E-state index contributed by atoms with van der Waals surface area (Å²) in [6, 6.07) is 13.0. The largest absolute Gasteiger partial charge is 0.493 e. The molecule has 1 aliphatic heterocycles. The lowest BCUT2D eigenvalue weighted by atomic mass is 10.1. The van der Waals surface area contributed by atoms with Crippen molar-refractivity contribution in [1.29, 1.82) is 0 Å². The number of carbonyl (C=O) groups is 1. The average Bonchev–Trinajstić information content (AvgIpc) is 2.78. The Balaban J connectivity index is 1.58. The summed E-state index contributed by atoms with van der Waals surface area (Å²) in [7, 11) is 3.17. The number of guanidine groups is 1. The molecule has 1 saturated heterocycles. The fourth-order valence-electron chi connectivity index (χ4n) is 3.31. The third-order valence-electron chi connectivity index (χ3n) is 4.93. The molecule has 3 rings (SSSR count). The van der Waals surface area contributed by atoms with Gasteiger partial charge in [-0.1, -0.05) is 12.1 Å². The lowest BCUT2D eigenvalue weighted by Crippen LogP contribution is -2.35. The van der Waals surface area contributed by atoms with Gasteiger partial charge < -0.3 is 25.4 Å². The third kappa shape index (κ3) is 5.40. The summed E-state index contributed by atoms with van der Waals surface area (Å²) in [5, 5.41) is 3.04. The number of likely N-dealkylation sites (tertiary alicyclic amines) is 1. The van der Waals surface area contributed by atoms with Gasteiger partial charge in [0.1, 0.15) is 0 Å². The summed E-state index contributed by atoms with van der Waals surface area (Å²) < 4.78 is 10.5. The van der Waals surface area contributed by atoms with E-state index < -0.39 is 0 Å². The van der Waals surface area contributed by atoms with Crippen LogP contribution in [0.4, 0.5) is 5.69 Å². The second-order valence-corrected chi connectivity index (χ2v) is 6.95.